The van der Waals surface area contributed by atoms with Crippen LogP contribution in [0.1, 0.15) is 50.8 Å². The molecule has 6 rings (SSSR count). The van der Waals surface area contributed by atoms with Gasteiger partial charge in [0.05, 0.1) is 11.1 Å². The highest BCUT2D eigenvalue weighted by molar-refractivity contribution is 5.32. The Morgan fingerprint density at radius 2 is 1.12 bits per heavy atom. The molecule has 3 N–H and O–H groups in total. The maximum absolute atomic E-state index is 13.0. The first-order valence-electron chi connectivity index (χ1n) is 12.5. The van der Waals surface area contributed by atoms with E-state index in [4.69, 9.17) is 0 Å². The van der Waals surface area contributed by atoms with Crippen LogP contribution in [0, 0.1) is 0 Å². The Bertz CT molecular complexity index is 1390. The Hall–Kier alpha value is -3.18. The molecule has 4 nitrogen and oxygen atoms in total. The number of hydrogen-bond donors (Lipinski definition) is 2. The van der Waals surface area contributed by atoms with Crippen molar-refractivity contribution in [1.29, 1.82) is 0 Å². The van der Waals surface area contributed by atoms with Crippen LogP contribution in [0.5, 0.6) is 0 Å². The van der Waals surface area contributed by atoms with Crippen LogP contribution in [0.3, 0.4) is 0 Å². The quantitative estimate of drug-likeness (QED) is 0.275. The molecule has 2 aliphatic heterocycles. The summed E-state index contributed by atoms with van der Waals surface area (Å²) < 4.78 is 75.6. The van der Waals surface area contributed by atoms with Gasteiger partial charge in [0.1, 0.15) is 43.6 Å². The van der Waals surface area contributed by atoms with Gasteiger partial charge in [-0.3, -0.25) is 9.97 Å². The van der Waals surface area contributed by atoms with Crippen LogP contribution in [-0.4, -0.2) is 9.97 Å². The van der Waals surface area contributed by atoms with E-state index in [0.29, 0.717) is 37.3 Å². The van der Waals surface area contributed by atoms with Gasteiger partial charge in [0.25, 0.3) is 0 Å². The molecule has 12 heteroatoms. The summed E-state index contributed by atoms with van der Waals surface area (Å²) >= 11 is 0. The summed E-state index contributed by atoms with van der Waals surface area (Å²) in [5, 5.41) is 1.93. The fourth-order valence-corrected chi connectivity index (χ4v) is 5.11. The van der Waals surface area contributed by atoms with E-state index in [1.54, 1.807) is 0 Å². The fourth-order valence-electron chi connectivity index (χ4n) is 5.11. The second kappa shape index (κ2) is 13.2. The van der Waals surface area contributed by atoms with E-state index < -0.39 is 23.5 Å². The minimum Gasteiger partial charge on any atom is -1.00 e. The maximum atomic E-state index is 13.0. The van der Waals surface area contributed by atoms with Gasteiger partial charge in [-0.1, -0.05) is 60.7 Å². The molecule has 4 aromatic rings. The molecule has 218 valence electrons. The third-order valence-electron chi connectivity index (χ3n) is 6.96. The molecule has 0 amide bonds. The van der Waals surface area contributed by atoms with Crippen LogP contribution in [0.4, 0.5) is 26.3 Å². The molecule has 0 spiro atoms. The summed E-state index contributed by atoms with van der Waals surface area (Å²) in [5.74, 6) is 0. The number of halogens is 8. The molecule has 0 saturated carbocycles. The minimum absolute atomic E-state index is 0. The number of quaternary nitrogens is 2. The third-order valence-corrected chi connectivity index (χ3v) is 6.96. The van der Waals surface area contributed by atoms with Crippen molar-refractivity contribution in [2.75, 3.05) is 0 Å². The summed E-state index contributed by atoms with van der Waals surface area (Å²) in [6, 6.07) is 22.7. The lowest BCUT2D eigenvalue weighted by Gasteiger charge is -2.25. The molecule has 41 heavy (non-hydrogen) atoms. The van der Waals surface area contributed by atoms with Crippen molar-refractivity contribution < 1.29 is 61.4 Å². The van der Waals surface area contributed by atoms with Gasteiger partial charge in [-0.15, -0.1) is 0 Å². The second-order valence-corrected chi connectivity index (χ2v) is 9.62. The number of hydrogen-bond acceptors (Lipinski definition) is 2. The lowest BCUT2D eigenvalue weighted by molar-refractivity contribution is -0.946. The van der Waals surface area contributed by atoms with Crippen molar-refractivity contribution in [2.45, 2.75) is 44.6 Å². The number of pyridine rings is 2. The number of nitrogens with zero attached hydrogens (tertiary/aromatic N) is 2. The number of nitrogens with one attached hydrogen (secondary N) is 1. The van der Waals surface area contributed by atoms with Crippen molar-refractivity contribution in [3.05, 3.63) is 130 Å². The first kappa shape index (κ1) is 32.3. The Morgan fingerprint density at radius 3 is 1.63 bits per heavy atom. The first-order valence-corrected chi connectivity index (χ1v) is 12.5. The van der Waals surface area contributed by atoms with E-state index in [2.05, 4.69) is 34.2 Å². The maximum Gasteiger partial charge on any atom is 0.417 e. The number of fused-ring (bicyclic) bond motifs is 2. The van der Waals surface area contributed by atoms with Gasteiger partial charge >= 0.3 is 12.4 Å². The van der Waals surface area contributed by atoms with E-state index in [1.165, 1.54) is 17.0 Å². The molecule has 0 fully saturated rings. The van der Waals surface area contributed by atoms with Crippen molar-refractivity contribution >= 4 is 0 Å². The number of aromatic nitrogens is 2. The Balaban J connectivity index is 0.000000262. The van der Waals surface area contributed by atoms with Gasteiger partial charge in [0, 0.05) is 34.6 Å². The number of nitrogens with two attached hydrogens (primary N) is 1. The number of rotatable bonds is 3. The zero-order valence-corrected chi connectivity index (χ0v) is 23.0. The van der Waals surface area contributed by atoms with Gasteiger partial charge in [0.2, 0.25) is 0 Å². The average Bonchev–Trinajstić information content (AvgIpc) is 3.55. The highest BCUT2D eigenvalue weighted by atomic mass is 35.5. The van der Waals surface area contributed by atoms with Crippen LogP contribution in [-0.2, 0) is 38.5 Å². The van der Waals surface area contributed by atoms with E-state index in [1.807, 2.05) is 41.7 Å². The molecular formula is C29H26Cl2F6N4. The Labute approximate surface area is 245 Å². The normalized spacial score (nSPS) is 15.6. The van der Waals surface area contributed by atoms with E-state index in [-0.39, 0.29) is 30.9 Å². The molecule has 0 bridgehead atoms. The molecule has 0 aliphatic carbocycles. The fraction of sp³-hybridized carbons (Fsp3) is 0.241. The van der Waals surface area contributed by atoms with Crippen LogP contribution in [0.2, 0.25) is 0 Å². The topological polar surface area (TPSA) is 46.8 Å². The zero-order chi connectivity index (χ0) is 27.6. The van der Waals surface area contributed by atoms with Crippen molar-refractivity contribution in [3.63, 3.8) is 0 Å². The molecular weight excluding hydrogens is 589 g/mol. The summed E-state index contributed by atoms with van der Waals surface area (Å²) in [7, 11) is 0. The molecule has 1 atom stereocenters. The van der Waals surface area contributed by atoms with Crippen LogP contribution < -0.4 is 35.0 Å². The van der Waals surface area contributed by atoms with Gasteiger partial charge in [-0.25, -0.2) is 0 Å². The van der Waals surface area contributed by atoms with Crippen molar-refractivity contribution in [2.24, 2.45) is 0 Å². The zero-order valence-electron chi connectivity index (χ0n) is 21.5. The monoisotopic (exact) mass is 614 g/mol. The lowest BCUT2D eigenvalue weighted by Crippen LogP contribution is -3.08. The summed E-state index contributed by atoms with van der Waals surface area (Å²) in [4.78, 5) is 9.06. The second-order valence-electron chi connectivity index (χ2n) is 9.62. The average molecular weight is 615 g/mol. The summed E-state index contributed by atoms with van der Waals surface area (Å²) in [6.07, 6.45) is -6.78. The highest BCUT2D eigenvalue weighted by Crippen LogP contribution is 2.31. The Kier molecular flexibility index (Phi) is 10.4. The molecule has 0 radical (unpaired) electrons. The molecule has 0 saturated heterocycles. The van der Waals surface area contributed by atoms with Gasteiger partial charge in [0.15, 0.2) is 0 Å². The van der Waals surface area contributed by atoms with Gasteiger partial charge < -0.3 is 35.0 Å². The molecule has 2 aromatic carbocycles. The smallest absolute Gasteiger partial charge is 0.417 e. The first-order chi connectivity index (χ1) is 18.6. The van der Waals surface area contributed by atoms with Crippen molar-refractivity contribution in [3.8, 4) is 0 Å². The van der Waals surface area contributed by atoms with Crippen LogP contribution in [0.25, 0.3) is 0 Å². The number of benzene rings is 2. The van der Waals surface area contributed by atoms with Crippen LogP contribution in [0.15, 0.2) is 85.2 Å². The van der Waals surface area contributed by atoms with E-state index in [0.717, 1.165) is 34.9 Å². The predicted octanol–water partition coefficient (Wildman–Crippen LogP) is -1.53. The standard InChI is InChI=1S/C21H17F3N2.C8H7F3N2.2ClH/c22-21(23,24)18-11-17-13-26(14-19(17)25-12-18)20(15-7-3-1-4-8-15)16-9-5-2-6-10-16;9-8(10,11)6-1-5-2-12-4-7(5)13-3-6;;/h1-12,20H,13-14H2;1,3,12H,2,4H2;2*1H. The molecule has 2 aromatic heterocycles. The largest absolute Gasteiger partial charge is 1.00 e. The van der Waals surface area contributed by atoms with Crippen LogP contribution >= 0.6 is 0 Å². The summed E-state index contributed by atoms with van der Waals surface area (Å²) in [5.41, 5.74) is 3.89. The van der Waals surface area contributed by atoms with Gasteiger partial charge in [-0.2, -0.15) is 26.3 Å². The molecule has 1 unspecified atom stereocenters. The van der Waals surface area contributed by atoms with E-state index >= 15 is 0 Å². The van der Waals surface area contributed by atoms with E-state index in [9.17, 15) is 26.3 Å². The molecule has 2 aliphatic rings. The minimum atomic E-state index is -4.36. The lowest BCUT2D eigenvalue weighted by atomic mass is 9.97. The molecule has 4 heterocycles. The highest BCUT2D eigenvalue weighted by Gasteiger charge is 2.37. The van der Waals surface area contributed by atoms with Gasteiger partial charge in [-0.05, 0) is 12.1 Å². The summed E-state index contributed by atoms with van der Waals surface area (Å²) in [6.45, 7) is 2.43. The van der Waals surface area contributed by atoms with Crippen molar-refractivity contribution in [1.82, 2.24) is 9.97 Å². The third kappa shape index (κ3) is 7.56. The number of alkyl halides is 6. The SMILES string of the molecule is FC(F)(F)c1cnc2c(c1)C[NH+](C(c1ccccc1)c1ccccc1)C2.FC(F)(F)c1cnc2c(c1)C[NH2+]C2.[Cl-].[Cl-]. The Morgan fingerprint density at radius 1 is 0.634 bits per heavy atom. The predicted molar refractivity (Wildman–Crippen MR) is 131 cm³/mol.